The van der Waals surface area contributed by atoms with Crippen molar-refractivity contribution in [2.75, 3.05) is 26.5 Å². The van der Waals surface area contributed by atoms with Gasteiger partial charge in [-0.2, -0.15) is 8.42 Å². The molecule has 1 aromatic heterocycles. The van der Waals surface area contributed by atoms with E-state index < -0.39 is 34.4 Å². The second-order valence-electron chi connectivity index (χ2n) is 4.47. The molecule has 2 amide bonds. The molecule has 0 spiro atoms. The number of anilines is 1. The second-order valence-corrected chi connectivity index (χ2v) is 6.69. The minimum atomic E-state index is -4.74. The molecule has 1 aliphatic heterocycles. The molecule has 1 atom stereocenters. The third-order valence-corrected chi connectivity index (χ3v) is 4.57. The zero-order valence-corrected chi connectivity index (χ0v) is 14.0. The molecule has 0 aliphatic carbocycles. The van der Waals surface area contributed by atoms with Crippen molar-refractivity contribution in [2.45, 2.75) is 5.72 Å². The molecule has 25 heavy (non-hydrogen) atoms. The molecule has 4 N–H and O–H groups in total. The van der Waals surface area contributed by atoms with Crippen LogP contribution in [0.4, 0.5) is 5.13 Å². The van der Waals surface area contributed by atoms with E-state index in [9.17, 15) is 18.0 Å². The van der Waals surface area contributed by atoms with Gasteiger partial charge < -0.3 is 20.6 Å². The Labute approximate surface area is 168 Å². The fourth-order valence-corrected chi connectivity index (χ4v) is 3.12. The number of nitrogens with zero attached hydrogens (tertiary/aromatic N) is 3. The summed E-state index contributed by atoms with van der Waals surface area (Å²) in [6, 6.07) is 0. The van der Waals surface area contributed by atoms with Crippen LogP contribution in [0.5, 0.6) is 0 Å². The first-order valence-corrected chi connectivity index (χ1v) is 8.42. The van der Waals surface area contributed by atoms with Crippen LogP contribution in [0.15, 0.2) is 10.5 Å². The fraction of sp³-hybridized carbons (Fsp3) is 0.400. The average molecular weight is 403 g/mol. The summed E-state index contributed by atoms with van der Waals surface area (Å²) in [5, 5.41) is 7.36. The van der Waals surface area contributed by atoms with E-state index in [-0.39, 0.29) is 50.4 Å². The Kier molecular flexibility index (Phi) is 6.91. The van der Waals surface area contributed by atoms with Crippen LogP contribution in [0, 0.1) is 0 Å². The Morgan fingerprint density at radius 2 is 2.20 bits per heavy atom. The number of amides is 2. The number of carbonyl (C=O) groups excluding carboxylic acids is 2. The van der Waals surface area contributed by atoms with Gasteiger partial charge in [0.2, 0.25) is 5.72 Å². The van der Waals surface area contributed by atoms with E-state index >= 15 is 0 Å². The van der Waals surface area contributed by atoms with E-state index in [1.807, 2.05) is 0 Å². The van der Waals surface area contributed by atoms with Gasteiger partial charge in [-0.25, -0.2) is 9.29 Å². The predicted molar refractivity (Wildman–Crippen MR) is 88.4 cm³/mol. The van der Waals surface area contributed by atoms with Gasteiger partial charge in [0.25, 0.3) is 11.8 Å². The van der Waals surface area contributed by atoms with Gasteiger partial charge in [-0.3, -0.25) is 14.1 Å². The maximum absolute atomic E-state index is 12.4. The topological polar surface area (TPSA) is 174 Å². The number of hydrogen-bond acceptors (Lipinski definition) is 10. The molecule has 1 unspecified atom stereocenters. The number of nitrogens with two attached hydrogens (primary N) is 1. The first-order chi connectivity index (χ1) is 11.1. The Balaban J connectivity index is 0.00000312. The number of aromatic nitrogens is 1. The summed E-state index contributed by atoms with van der Waals surface area (Å²) < 4.78 is 35.9. The van der Waals surface area contributed by atoms with E-state index in [0.717, 1.165) is 18.4 Å². The quantitative estimate of drug-likeness (QED) is 0.116. The van der Waals surface area contributed by atoms with Crippen LogP contribution in [0.2, 0.25) is 0 Å². The van der Waals surface area contributed by atoms with Gasteiger partial charge in [0, 0.05) is 12.5 Å². The number of methoxy groups -OCH3 is 1. The zero-order valence-electron chi connectivity index (χ0n) is 12.4. The standard InChI is InChI=1S/C10H13N5O7S2.Na.H/c1-21-10(4-15(8(10)17)24(18,19)20)13-7(16)6(14-22-2)5-3-23-9(11)12-5;;/h3H,4H2,1-2H3,(H2,11,12)(H,13,16)(H,18,19,20);;. The first kappa shape index (κ1) is 21.8. The second kappa shape index (κ2) is 7.94. The molecule has 0 bridgehead atoms. The number of β-lactam (4-membered cyclic amide) rings is 1. The summed E-state index contributed by atoms with van der Waals surface area (Å²) in [5.74, 6) is -2.07. The summed E-state index contributed by atoms with van der Waals surface area (Å²) in [7, 11) is -2.45. The van der Waals surface area contributed by atoms with E-state index in [1.165, 1.54) is 12.5 Å². The Morgan fingerprint density at radius 3 is 2.60 bits per heavy atom. The van der Waals surface area contributed by atoms with Gasteiger partial charge in [0.1, 0.15) is 12.8 Å². The summed E-state index contributed by atoms with van der Waals surface area (Å²) in [6.45, 7) is -0.605. The molecule has 0 radical (unpaired) electrons. The Hall–Kier alpha value is -1.29. The fourth-order valence-electron chi connectivity index (χ4n) is 1.87. The van der Waals surface area contributed by atoms with Crippen LogP contribution in [-0.2, 0) is 29.5 Å². The molecule has 0 saturated carbocycles. The van der Waals surface area contributed by atoms with Gasteiger partial charge in [0.15, 0.2) is 10.8 Å². The number of rotatable bonds is 6. The summed E-state index contributed by atoms with van der Waals surface area (Å²) in [4.78, 5) is 32.8. The first-order valence-electron chi connectivity index (χ1n) is 6.14. The number of hydrogen-bond donors (Lipinski definition) is 3. The van der Waals surface area contributed by atoms with Crippen LogP contribution < -0.4 is 11.1 Å². The van der Waals surface area contributed by atoms with Crippen molar-refractivity contribution in [3.63, 3.8) is 0 Å². The van der Waals surface area contributed by atoms with Crippen LogP contribution in [0.3, 0.4) is 0 Å². The maximum atomic E-state index is 12.4. The number of nitrogen functional groups attached to an aromatic ring is 1. The third-order valence-electron chi connectivity index (χ3n) is 3.04. The van der Waals surface area contributed by atoms with Crippen LogP contribution >= 0.6 is 11.3 Å². The summed E-state index contributed by atoms with van der Waals surface area (Å²) in [6.07, 6.45) is 0. The molecule has 1 aromatic rings. The molecule has 15 heteroatoms. The molecule has 134 valence electrons. The number of oxime groups is 1. The normalized spacial score (nSPS) is 20.5. The molecular weight excluding hydrogens is 389 g/mol. The van der Waals surface area contributed by atoms with E-state index in [4.69, 9.17) is 15.0 Å². The van der Waals surface area contributed by atoms with Gasteiger partial charge in [-0.15, -0.1) is 11.3 Å². The molecule has 1 aliphatic rings. The van der Waals surface area contributed by atoms with Crippen molar-refractivity contribution < 1.29 is 32.1 Å². The van der Waals surface area contributed by atoms with Crippen molar-refractivity contribution in [1.82, 2.24) is 14.6 Å². The van der Waals surface area contributed by atoms with Crippen LogP contribution in [0.25, 0.3) is 0 Å². The Bertz CT molecular complexity index is 810. The van der Waals surface area contributed by atoms with Crippen LogP contribution in [-0.4, -0.2) is 95.8 Å². The van der Waals surface area contributed by atoms with E-state index in [2.05, 4.69) is 20.3 Å². The van der Waals surface area contributed by atoms with Gasteiger partial charge in [-0.1, -0.05) is 5.16 Å². The molecule has 1 saturated heterocycles. The average Bonchev–Trinajstić information content (AvgIpc) is 2.92. The molecule has 1 fully saturated rings. The van der Waals surface area contributed by atoms with Crippen molar-refractivity contribution in [2.24, 2.45) is 5.16 Å². The van der Waals surface area contributed by atoms with Gasteiger partial charge >= 0.3 is 39.9 Å². The van der Waals surface area contributed by atoms with Crippen LogP contribution in [0.1, 0.15) is 5.69 Å². The summed E-state index contributed by atoms with van der Waals surface area (Å²) in [5.41, 5.74) is 3.34. The van der Waals surface area contributed by atoms with Crippen molar-refractivity contribution in [1.29, 1.82) is 0 Å². The molecular formula is C10H14N5NaO7S2. The Morgan fingerprint density at radius 1 is 1.56 bits per heavy atom. The molecule has 12 nitrogen and oxygen atoms in total. The number of nitrogens with one attached hydrogen (secondary N) is 1. The zero-order chi connectivity index (χ0) is 18.1. The molecule has 2 rings (SSSR count). The van der Waals surface area contributed by atoms with E-state index in [1.54, 1.807) is 0 Å². The number of thiazole rings is 1. The number of carbonyl (C=O) groups is 2. The third kappa shape index (κ3) is 4.28. The SMILES string of the molecule is CON=C(C(=O)NC1(OC)CN(S(=O)(=O)O)C1=O)c1csc(N)n1.[NaH]. The van der Waals surface area contributed by atoms with Crippen molar-refractivity contribution >= 4 is 73.9 Å². The van der Waals surface area contributed by atoms with Crippen molar-refractivity contribution in [3.05, 3.63) is 11.1 Å². The van der Waals surface area contributed by atoms with Crippen molar-refractivity contribution in [3.8, 4) is 0 Å². The minimum absolute atomic E-state index is 0. The molecule has 2 heterocycles. The predicted octanol–water partition coefficient (Wildman–Crippen LogP) is -2.47. The number of ether oxygens (including phenoxy) is 1. The van der Waals surface area contributed by atoms with Gasteiger partial charge in [0.05, 0.1) is 6.54 Å². The summed E-state index contributed by atoms with van der Waals surface area (Å²) >= 11 is 1.06. The van der Waals surface area contributed by atoms with Gasteiger partial charge in [-0.05, 0) is 0 Å². The molecule has 0 aromatic carbocycles. The van der Waals surface area contributed by atoms with E-state index in [0.29, 0.717) is 0 Å². The monoisotopic (exact) mass is 403 g/mol.